The van der Waals surface area contributed by atoms with E-state index in [1.807, 2.05) is 0 Å². The Morgan fingerprint density at radius 1 is 0.909 bits per heavy atom. The van der Waals surface area contributed by atoms with Gasteiger partial charge in [-0.25, -0.2) is 0 Å². The van der Waals surface area contributed by atoms with Gasteiger partial charge in [0.1, 0.15) is 6.10 Å². The van der Waals surface area contributed by atoms with E-state index in [2.05, 4.69) is 58.4 Å². The molecule has 0 aromatic heterocycles. The second kappa shape index (κ2) is 5.99. The smallest absolute Gasteiger partial charge is 0.100 e. The third-order valence-corrected chi connectivity index (χ3v) is 4.37. The second-order valence-corrected chi connectivity index (χ2v) is 5.86. The number of rotatable bonds is 1. The van der Waals surface area contributed by atoms with Crippen molar-refractivity contribution in [3.8, 4) is 0 Å². The zero-order valence-corrected chi connectivity index (χ0v) is 12.6. The molecule has 1 unspecified atom stereocenters. The van der Waals surface area contributed by atoms with Gasteiger partial charge in [0.05, 0.1) is 6.61 Å². The van der Waals surface area contributed by atoms with Crippen LogP contribution in [0, 0.1) is 0 Å². The van der Waals surface area contributed by atoms with E-state index in [1.54, 1.807) is 0 Å². The van der Waals surface area contributed by atoms with Crippen LogP contribution < -0.4 is 16.0 Å². The van der Waals surface area contributed by atoms with E-state index >= 15 is 0 Å². The highest BCUT2D eigenvalue weighted by Crippen LogP contribution is 2.29. The molecule has 0 saturated carbocycles. The molecule has 0 fully saturated rings. The summed E-state index contributed by atoms with van der Waals surface area (Å²) >= 11 is 0. The van der Waals surface area contributed by atoms with Gasteiger partial charge in [0.15, 0.2) is 0 Å². The van der Waals surface area contributed by atoms with Gasteiger partial charge in [-0.15, -0.1) is 0 Å². The lowest BCUT2D eigenvalue weighted by atomic mass is 10.0. The van der Waals surface area contributed by atoms with E-state index in [9.17, 15) is 0 Å². The SMILES string of the molecule is c1ccc2c(c1)COC(c1ccc3c(c1)CNCCN3)CN2. The van der Waals surface area contributed by atoms with Gasteiger partial charge in [-0.1, -0.05) is 24.3 Å². The molecule has 4 nitrogen and oxygen atoms in total. The Kier molecular flexibility index (Phi) is 3.70. The molecule has 0 saturated heterocycles. The van der Waals surface area contributed by atoms with Gasteiger partial charge in [-0.05, 0) is 29.3 Å². The molecule has 0 radical (unpaired) electrons. The van der Waals surface area contributed by atoms with Crippen LogP contribution in [0.4, 0.5) is 11.4 Å². The van der Waals surface area contributed by atoms with Gasteiger partial charge in [-0.2, -0.15) is 0 Å². The van der Waals surface area contributed by atoms with Crippen LogP contribution in [0.25, 0.3) is 0 Å². The maximum atomic E-state index is 6.13. The maximum Gasteiger partial charge on any atom is 0.100 e. The molecular formula is C18H21N3O. The number of para-hydroxylation sites is 1. The van der Waals surface area contributed by atoms with E-state index in [4.69, 9.17) is 4.74 Å². The number of hydrogen-bond donors (Lipinski definition) is 3. The van der Waals surface area contributed by atoms with Crippen molar-refractivity contribution in [1.29, 1.82) is 0 Å². The Labute approximate surface area is 130 Å². The van der Waals surface area contributed by atoms with Crippen LogP contribution in [0.2, 0.25) is 0 Å². The van der Waals surface area contributed by atoms with Crippen LogP contribution in [0.3, 0.4) is 0 Å². The molecule has 22 heavy (non-hydrogen) atoms. The number of benzene rings is 2. The molecule has 4 heteroatoms. The number of fused-ring (bicyclic) bond motifs is 2. The molecule has 0 amide bonds. The van der Waals surface area contributed by atoms with Gasteiger partial charge < -0.3 is 20.7 Å². The molecule has 2 heterocycles. The van der Waals surface area contributed by atoms with Gasteiger partial charge in [0.25, 0.3) is 0 Å². The van der Waals surface area contributed by atoms with Crippen LogP contribution in [-0.4, -0.2) is 19.6 Å². The summed E-state index contributed by atoms with van der Waals surface area (Å²) in [5.74, 6) is 0. The molecule has 2 aliphatic heterocycles. The number of ether oxygens (including phenoxy) is 1. The summed E-state index contributed by atoms with van der Waals surface area (Å²) in [4.78, 5) is 0. The van der Waals surface area contributed by atoms with E-state index in [-0.39, 0.29) is 6.10 Å². The van der Waals surface area contributed by atoms with Crippen LogP contribution in [0.1, 0.15) is 22.8 Å². The summed E-state index contributed by atoms with van der Waals surface area (Å²) in [6, 6.07) is 15.0. The summed E-state index contributed by atoms with van der Waals surface area (Å²) in [5, 5.41) is 10.4. The van der Waals surface area contributed by atoms with Crippen molar-refractivity contribution in [3.63, 3.8) is 0 Å². The summed E-state index contributed by atoms with van der Waals surface area (Å²) < 4.78 is 6.13. The third-order valence-electron chi connectivity index (χ3n) is 4.37. The standard InChI is InChI=1S/C18H21N3O/c1-2-4-16-14(3-1)12-22-18(11-21-16)13-5-6-17-15(9-13)10-19-7-8-20-17/h1-6,9,18-21H,7-8,10-12H2. The molecule has 114 valence electrons. The van der Waals surface area contributed by atoms with E-state index in [0.717, 1.165) is 26.2 Å². The Balaban J connectivity index is 1.57. The van der Waals surface area contributed by atoms with Gasteiger partial charge in [0.2, 0.25) is 0 Å². The van der Waals surface area contributed by atoms with E-state index < -0.39 is 0 Å². The topological polar surface area (TPSA) is 45.3 Å². The predicted octanol–water partition coefficient (Wildman–Crippen LogP) is 2.89. The van der Waals surface area contributed by atoms with Gasteiger partial charge in [0, 0.05) is 43.1 Å². The molecule has 3 N–H and O–H groups in total. The van der Waals surface area contributed by atoms with Crippen LogP contribution in [-0.2, 0) is 17.9 Å². The van der Waals surface area contributed by atoms with Gasteiger partial charge >= 0.3 is 0 Å². The first-order chi connectivity index (χ1) is 10.9. The third kappa shape index (κ3) is 2.67. The van der Waals surface area contributed by atoms with Crippen molar-refractivity contribution in [2.45, 2.75) is 19.3 Å². The Morgan fingerprint density at radius 2 is 1.82 bits per heavy atom. The molecule has 0 aliphatic carbocycles. The minimum Gasteiger partial charge on any atom is -0.384 e. The highest BCUT2D eigenvalue weighted by atomic mass is 16.5. The summed E-state index contributed by atoms with van der Waals surface area (Å²) in [7, 11) is 0. The highest BCUT2D eigenvalue weighted by Gasteiger charge is 2.19. The maximum absolute atomic E-state index is 6.13. The molecule has 0 spiro atoms. The summed E-state index contributed by atoms with van der Waals surface area (Å²) in [6.45, 7) is 4.35. The normalized spacial score (nSPS) is 20.6. The van der Waals surface area contributed by atoms with Crippen molar-refractivity contribution in [1.82, 2.24) is 5.32 Å². The minimum atomic E-state index is 0.0842. The largest absolute Gasteiger partial charge is 0.384 e. The van der Waals surface area contributed by atoms with Crippen LogP contribution >= 0.6 is 0 Å². The fourth-order valence-electron chi connectivity index (χ4n) is 3.13. The minimum absolute atomic E-state index is 0.0842. The molecule has 0 bridgehead atoms. The molecule has 1 atom stereocenters. The van der Waals surface area contributed by atoms with Crippen molar-refractivity contribution in [2.24, 2.45) is 0 Å². The highest BCUT2D eigenvalue weighted by molar-refractivity contribution is 5.55. The average molecular weight is 295 g/mol. The lowest BCUT2D eigenvalue weighted by Gasteiger charge is -2.18. The lowest BCUT2D eigenvalue weighted by Crippen LogP contribution is -2.17. The van der Waals surface area contributed by atoms with Crippen molar-refractivity contribution in [2.75, 3.05) is 30.3 Å². The average Bonchev–Trinajstić information content (AvgIpc) is 2.92. The molecular weight excluding hydrogens is 274 g/mol. The zero-order chi connectivity index (χ0) is 14.8. The van der Waals surface area contributed by atoms with E-state index in [0.29, 0.717) is 6.61 Å². The van der Waals surface area contributed by atoms with Crippen LogP contribution in [0.15, 0.2) is 42.5 Å². The Hall–Kier alpha value is -2.04. The zero-order valence-electron chi connectivity index (χ0n) is 12.6. The molecule has 2 aromatic rings. The second-order valence-electron chi connectivity index (χ2n) is 5.86. The molecule has 2 aromatic carbocycles. The lowest BCUT2D eigenvalue weighted by molar-refractivity contribution is 0.0523. The first kappa shape index (κ1) is 13.6. The fourth-order valence-corrected chi connectivity index (χ4v) is 3.13. The number of nitrogens with one attached hydrogen (secondary N) is 3. The monoisotopic (exact) mass is 295 g/mol. The van der Waals surface area contributed by atoms with Crippen LogP contribution in [0.5, 0.6) is 0 Å². The number of anilines is 2. The Morgan fingerprint density at radius 3 is 2.82 bits per heavy atom. The Bertz CT molecular complexity index is 644. The van der Waals surface area contributed by atoms with Crippen molar-refractivity contribution in [3.05, 3.63) is 59.2 Å². The quantitative estimate of drug-likeness (QED) is 0.757. The van der Waals surface area contributed by atoms with Gasteiger partial charge in [-0.3, -0.25) is 0 Å². The van der Waals surface area contributed by atoms with Crippen molar-refractivity contribution >= 4 is 11.4 Å². The predicted molar refractivity (Wildman–Crippen MR) is 89.1 cm³/mol. The molecule has 2 aliphatic rings. The number of hydrogen-bond acceptors (Lipinski definition) is 4. The first-order valence-corrected chi connectivity index (χ1v) is 7.91. The van der Waals surface area contributed by atoms with Crippen molar-refractivity contribution < 1.29 is 4.74 Å². The fraction of sp³-hybridized carbons (Fsp3) is 0.333. The summed E-state index contributed by atoms with van der Waals surface area (Å²) in [5.41, 5.74) is 6.20. The van der Waals surface area contributed by atoms with E-state index in [1.165, 1.54) is 28.1 Å². The first-order valence-electron chi connectivity index (χ1n) is 7.91. The molecule has 4 rings (SSSR count). The summed E-state index contributed by atoms with van der Waals surface area (Å²) in [6.07, 6.45) is 0.0842.